The highest BCUT2D eigenvalue weighted by molar-refractivity contribution is 5.99. The third-order valence-electron chi connectivity index (χ3n) is 5.95. The maximum atomic E-state index is 12.2. The molecule has 2 aromatic heterocycles. The Kier molecular flexibility index (Phi) is 4.42. The van der Waals surface area contributed by atoms with E-state index in [9.17, 15) is 9.59 Å². The number of nitrogens with one attached hydrogen (secondary N) is 4. The summed E-state index contributed by atoms with van der Waals surface area (Å²) in [6.07, 6.45) is 2.72. The molecule has 1 aliphatic heterocycles. The molecule has 0 bridgehead atoms. The fourth-order valence-corrected chi connectivity index (χ4v) is 4.24. The zero-order chi connectivity index (χ0) is 20.8. The second kappa shape index (κ2) is 7.12. The van der Waals surface area contributed by atoms with E-state index in [-0.39, 0.29) is 23.9 Å². The van der Waals surface area contributed by atoms with Gasteiger partial charge in [-0.3, -0.25) is 9.59 Å². The van der Waals surface area contributed by atoms with Crippen LogP contribution in [0.25, 0.3) is 22.3 Å². The van der Waals surface area contributed by atoms with Gasteiger partial charge in [0.15, 0.2) is 0 Å². The van der Waals surface area contributed by atoms with E-state index in [0.29, 0.717) is 12.1 Å². The van der Waals surface area contributed by atoms with E-state index in [1.165, 1.54) is 0 Å². The average Bonchev–Trinajstić information content (AvgIpc) is 3.14. The molecule has 30 heavy (non-hydrogen) atoms. The smallest absolute Gasteiger partial charge is 0.253 e. The summed E-state index contributed by atoms with van der Waals surface area (Å²) in [5.41, 5.74) is 5.83. The number of carbonyl (C=O) groups is 2. The molecule has 4 N–H and O–H groups in total. The van der Waals surface area contributed by atoms with Gasteiger partial charge in [-0.15, -0.1) is 0 Å². The first-order chi connectivity index (χ1) is 14.5. The summed E-state index contributed by atoms with van der Waals surface area (Å²) >= 11 is 0. The van der Waals surface area contributed by atoms with Crippen molar-refractivity contribution >= 4 is 28.7 Å². The molecule has 8 heteroatoms. The number of aryl methyl sites for hydroxylation is 1. The molecule has 1 aliphatic carbocycles. The molecule has 1 aromatic carbocycles. The molecule has 2 atom stereocenters. The van der Waals surface area contributed by atoms with Crippen LogP contribution in [-0.4, -0.2) is 45.4 Å². The van der Waals surface area contributed by atoms with Crippen molar-refractivity contribution in [1.82, 2.24) is 25.6 Å². The molecule has 1 fully saturated rings. The highest BCUT2D eigenvalue weighted by Crippen LogP contribution is 2.31. The Hall–Kier alpha value is -3.42. The Bertz CT molecular complexity index is 1170. The number of hydrogen-bond acceptors (Lipinski definition) is 5. The van der Waals surface area contributed by atoms with E-state index in [0.717, 1.165) is 58.8 Å². The van der Waals surface area contributed by atoms with Gasteiger partial charge in [0.05, 0.1) is 16.8 Å². The predicted octanol–water partition coefficient (Wildman–Crippen LogP) is 2.30. The SMILES string of the molecule is CC(=O)N[C@@H]1CCC1Nc1nc2c(-c3cc4c([nH]3)CCNC4=O)cccc2nc1C. The zero-order valence-electron chi connectivity index (χ0n) is 17.0. The lowest BCUT2D eigenvalue weighted by atomic mass is 9.86. The van der Waals surface area contributed by atoms with Gasteiger partial charge in [-0.2, -0.15) is 0 Å². The zero-order valence-corrected chi connectivity index (χ0v) is 17.0. The predicted molar refractivity (Wildman–Crippen MR) is 114 cm³/mol. The fourth-order valence-electron chi connectivity index (χ4n) is 4.24. The largest absolute Gasteiger partial charge is 0.364 e. The standard InChI is InChI=1S/C22H24N6O2/c1-11-21(27-17-7-6-16(17)25-12(2)29)28-20-13(4-3-5-18(20)24-11)19-10-14-15(26-19)8-9-23-22(14)30/h3-5,10,16-17,26H,6-9H2,1-2H3,(H,23,30)(H,25,29)(H,27,28)/t16-,17?/m1/s1. The van der Waals surface area contributed by atoms with Gasteiger partial charge in [-0.1, -0.05) is 12.1 Å². The molecule has 3 aromatic rings. The van der Waals surface area contributed by atoms with Gasteiger partial charge in [0, 0.05) is 48.9 Å². The number of anilines is 1. The molecular formula is C22H24N6O2. The highest BCUT2D eigenvalue weighted by Gasteiger charge is 2.32. The Morgan fingerprint density at radius 1 is 1.17 bits per heavy atom. The Balaban J connectivity index is 1.52. The van der Waals surface area contributed by atoms with Crippen molar-refractivity contribution in [1.29, 1.82) is 0 Å². The van der Waals surface area contributed by atoms with E-state index >= 15 is 0 Å². The molecule has 3 heterocycles. The minimum absolute atomic E-state index is 0.0187. The normalized spacial score (nSPS) is 20.3. The number of hydrogen-bond donors (Lipinski definition) is 4. The van der Waals surface area contributed by atoms with Gasteiger partial charge in [-0.05, 0) is 31.9 Å². The maximum Gasteiger partial charge on any atom is 0.253 e. The van der Waals surface area contributed by atoms with Crippen molar-refractivity contribution in [2.75, 3.05) is 11.9 Å². The van der Waals surface area contributed by atoms with Crippen LogP contribution in [0.1, 0.15) is 41.5 Å². The molecule has 8 nitrogen and oxygen atoms in total. The summed E-state index contributed by atoms with van der Waals surface area (Å²) in [4.78, 5) is 36.6. The molecular weight excluding hydrogens is 380 g/mol. The van der Waals surface area contributed by atoms with Crippen LogP contribution < -0.4 is 16.0 Å². The molecule has 2 aliphatic rings. The quantitative estimate of drug-likeness (QED) is 0.533. The third kappa shape index (κ3) is 3.18. The van der Waals surface area contributed by atoms with Crippen LogP contribution >= 0.6 is 0 Å². The molecule has 1 saturated carbocycles. The van der Waals surface area contributed by atoms with Gasteiger partial charge < -0.3 is 20.9 Å². The Morgan fingerprint density at radius 3 is 2.73 bits per heavy atom. The number of carbonyl (C=O) groups excluding carboxylic acids is 2. The second-order valence-corrected chi connectivity index (χ2v) is 8.05. The van der Waals surface area contributed by atoms with Crippen molar-refractivity contribution in [2.45, 2.75) is 45.2 Å². The topological polar surface area (TPSA) is 112 Å². The lowest BCUT2D eigenvalue weighted by Gasteiger charge is -2.37. The second-order valence-electron chi connectivity index (χ2n) is 8.05. The lowest BCUT2D eigenvalue weighted by molar-refractivity contribution is -0.120. The van der Waals surface area contributed by atoms with Crippen LogP contribution in [0.2, 0.25) is 0 Å². The molecule has 0 spiro atoms. The molecule has 154 valence electrons. The minimum Gasteiger partial charge on any atom is -0.364 e. The van der Waals surface area contributed by atoms with E-state index in [2.05, 4.69) is 20.9 Å². The lowest BCUT2D eigenvalue weighted by Crippen LogP contribution is -2.53. The Labute approximate surface area is 173 Å². The van der Waals surface area contributed by atoms with Crippen LogP contribution in [0.3, 0.4) is 0 Å². The number of fused-ring (bicyclic) bond motifs is 2. The number of benzene rings is 1. The summed E-state index contributed by atoms with van der Waals surface area (Å²) in [6, 6.07) is 8.05. The molecule has 2 amide bonds. The van der Waals surface area contributed by atoms with Crippen molar-refractivity contribution < 1.29 is 9.59 Å². The van der Waals surface area contributed by atoms with E-state index < -0.39 is 0 Å². The van der Waals surface area contributed by atoms with Gasteiger partial charge in [0.25, 0.3) is 5.91 Å². The van der Waals surface area contributed by atoms with Crippen molar-refractivity contribution in [3.05, 3.63) is 41.2 Å². The molecule has 1 unspecified atom stereocenters. The van der Waals surface area contributed by atoms with Crippen LogP contribution in [0, 0.1) is 6.92 Å². The summed E-state index contributed by atoms with van der Waals surface area (Å²) in [7, 11) is 0. The maximum absolute atomic E-state index is 12.2. The first kappa shape index (κ1) is 18.6. The van der Waals surface area contributed by atoms with Gasteiger partial charge in [-0.25, -0.2) is 9.97 Å². The first-order valence-corrected chi connectivity index (χ1v) is 10.3. The van der Waals surface area contributed by atoms with Crippen molar-refractivity contribution in [2.24, 2.45) is 0 Å². The number of aromatic nitrogens is 3. The van der Waals surface area contributed by atoms with E-state index in [4.69, 9.17) is 9.97 Å². The third-order valence-corrected chi connectivity index (χ3v) is 5.95. The number of nitrogens with zero attached hydrogens (tertiary/aromatic N) is 2. The number of para-hydroxylation sites is 1. The summed E-state index contributed by atoms with van der Waals surface area (Å²) in [6.45, 7) is 4.12. The minimum atomic E-state index is -0.0442. The molecule has 5 rings (SSSR count). The summed E-state index contributed by atoms with van der Waals surface area (Å²) < 4.78 is 0. The van der Waals surface area contributed by atoms with Crippen LogP contribution in [0.5, 0.6) is 0 Å². The van der Waals surface area contributed by atoms with E-state index in [1.54, 1.807) is 6.92 Å². The highest BCUT2D eigenvalue weighted by atomic mass is 16.2. The first-order valence-electron chi connectivity index (χ1n) is 10.3. The van der Waals surface area contributed by atoms with Gasteiger partial charge in [0.1, 0.15) is 11.3 Å². The fraction of sp³-hybridized carbons (Fsp3) is 0.364. The number of aromatic amines is 1. The molecule has 0 saturated heterocycles. The van der Waals surface area contributed by atoms with Crippen molar-refractivity contribution in [3.63, 3.8) is 0 Å². The average molecular weight is 404 g/mol. The van der Waals surface area contributed by atoms with Crippen LogP contribution in [0.4, 0.5) is 5.82 Å². The number of amides is 2. The van der Waals surface area contributed by atoms with Crippen molar-refractivity contribution in [3.8, 4) is 11.3 Å². The van der Waals surface area contributed by atoms with Crippen LogP contribution in [0.15, 0.2) is 24.3 Å². The number of H-pyrrole nitrogens is 1. The molecule has 0 radical (unpaired) electrons. The van der Waals surface area contributed by atoms with Crippen LogP contribution in [-0.2, 0) is 11.2 Å². The van der Waals surface area contributed by atoms with E-state index in [1.807, 2.05) is 31.2 Å². The summed E-state index contributed by atoms with van der Waals surface area (Å²) in [5, 5.41) is 9.33. The Morgan fingerprint density at radius 2 is 2.00 bits per heavy atom. The van der Waals surface area contributed by atoms with Gasteiger partial charge in [0.2, 0.25) is 5.91 Å². The number of rotatable bonds is 4. The monoisotopic (exact) mass is 404 g/mol. The van der Waals surface area contributed by atoms with Gasteiger partial charge >= 0.3 is 0 Å². The summed E-state index contributed by atoms with van der Waals surface area (Å²) in [5.74, 6) is 0.663.